The number of carbonyl (C=O) groups excluding carboxylic acids is 2. The second-order valence-electron chi connectivity index (χ2n) is 3.45. The third-order valence-electron chi connectivity index (χ3n) is 2.35. The highest BCUT2D eigenvalue weighted by Gasteiger charge is 2.38. The van der Waals surface area contributed by atoms with Gasteiger partial charge in [-0.15, -0.1) is 24.0 Å². The van der Waals surface area contributed by atoms with E-state index in [0.717, 1.165) is 0 Å². The van der Waals surface area contributed by atoms with Crippen LogP contribution in [0.5, 0.6) is 0 Å². The lowest BCUT2D eigenvalue weighted by atomic mass is 10.2. The molecule has 1 saturated heterocycles. The van der Waals surface area contributed by atoms with Crippen LogP contribution in [0.3, 0.4) is 0 Å². The van der Waals surface area contributed by atoms with Gasteiger partial charge in [0.2, 0.25) is 5.91 Å². The van der Waals surface area contributed by atoms with Gasteiger partial charge in [-0.1, -0.05) is 0 Å². The molecule has 5 N–H and O–H groups in total. The Morgan fingerprint density at radius 3 is 2.47 bits per heavy atom. The minimum atomic E-state index is -0.910. The fourth-order valence-corrected chi connectivity index (χ4v) is 1.85. The van der Waals surface area contributed by atoms with Crippen molar-refractivity contribution in [3.05, 3.63) is 0 Å². The van der Waals surface area contributed by atoms with Gasteiger partial charge in [-0.25, -0.2) is 4.79 Å². The highest BCUT2D eigenvalue weighted by Crippen LogP contribution is 2.20. The fraction of sp³-hybridized carbons (Fsp3) is 0.625. The SMILES string of the molecule is Cl.N=C(CCl)N1C[C@H](OC(N)=O)C[C@H]1C(N)=O. The van der Waals surface area contributed by atoms with Gasteiger partial charge in [-0.3, -0.25) is 10.2 Å². The maximum atomic E-state index is 11.1. The van der Waals surface area contributed by atoms with E-state index in [4.69, 9.17) is 33.2 Å². The van der Waals surface area contributed by atoms with E-state index in [0.29, 0.717) is 0 Å². The van der Waals surface area contributed by atoms with Gasteiger partial charge >= 0.3 is 6.09 Å². The van der Waals surface area contributed by atoms with Crippen molar-refractivity contribution in [1.82, 2.24) is 4.90 Å². The van der Waals surface area contributed by atoms with Crippen molar-refractivity contribution in [2.75, 3.05) is 12.4 Å². The maximum Gasteiger partial charge on any atom is 0.404 e. The van der Waals surface area contributed by atoms with E-state index in [1.54, 1.807) is 0 Å². The molecule has 0 aromatic rings. The Hall–Kier alpha value is -1.21. The molecule has 9 heteroatoms. The summed E-state index contributed by atoms with van der Waals surface area (Å²) in [6, 6.07) is -0.671. The van der Waals surface area contributed by atoms with Gasteiger partial charge in [0, 0.05) is 6.42 Å². The topological polar surface area (TPSA) is 122 Å². The van der Waals surface area contributed by atoms with Gasteiger partial charge in [0.25, 0.3) is 0 Å². The molecule has 1 aliphatic rings. The summed E-state index contributed by atoms with van der Waals surface area (Å²) in [6.45, 7) is 0.210. The smallest absolute Gasteiger partial charge is 0.404 e. The zero-order valence-electron chi connectivity index (χ0n) is 8.89. The molecule has 1 fully saturated rings. The Labute approximate surface area is 109 Å². The van der Waals surface area contributed by atoms with Crippen LogP contribution >= 0.6 is 24.0 Å². The van der Waals surface area contributed by atoms with Crippen LogP contribution in [0.15, 0.2) is 0 Å². The first-order valence-electron chi connectivity index (χ1n) is 4.61. The van der Waals surface area contributed by atoms with Gasteiger partial charge in [-0.05, 0) is 0 Å². The average molecular weight is 285 g/mol. The summed E-state index contributed by atoms with van der Waals surface area (Å²) < 4.78 is 4.77. The maximum absolute atomic E-state index is 11.1. The van der Waals surface area contributed by atoms with E-state index in [-0.39, 0.29) is 37.1 Å². The molecule has 0 aromatic heterocycles. The zero-order chi connectivity index (χ0) is 12.3. The van der Waals surface area contributed by atoms with Crippen molar-refractivity contribution in [3.8, 4) is 0 Å². The van der Waals surface area contributed by atoms with Crippen molar-refractivity contribution in [3.63, 3.8) is 0 Å². The summed E-state index contributed by atoms with van der Waals surface area (Å²) in [5, 5.41) is 7.55. The summed E-state index contributed by atoms with van der Waals surface area (Å²) in [5.74, 6) is -0.543. The first kappa shape index (κ1) is 15.8. The zero-order valence-corrected chi connectivity index (χ0v) is 10.5. The van der Waals surface area contributed by atoms with Crippen molar-refractivity contribution in [2.45, 2.75) is 18.6 Å². The lowest BCUT2D eigenvalue weighted by Gasteiger charge is -2.22. The number of amidine groups is 1. The Morgan fingerprint density at radius 1 is 1.47 bits per heavy atom. The van der Waals surface area contributed by atoms with E-state index < -0.39 is 24.1 Å². The van der Waals surface area contributed by atoms with Crippen molar-refractivity contribution < 1.29 is 14.3 Å². The van der Waals surface area contributed by atoms with Gasteiger partial charge < -0.3 is 21.1 Å². The number of nitrogens with zero attached hydrogens (tertiary/aromatic N) is 1. The Bertz CT molecular complexity index is 326. The fourth-order valence-electron chi connectivity index (χ4n) is 1.69. The molecule has 17 heavy (non-hydrogen) atoms. The lowest BCUT2D eigenvalue weighted by Crippen LogP contribution is -2.44. The number of hydrogen-bond donors (Lipinski definition) is 3. The third-order valence-corrected chi connectivity index (χ3v) is 2.60. The number of ether oxygens (including phenoxy) is 1. The summed E-state index contributed by atoms with van der Waals surface area (Å²) in [7, 11) is 0. The molecule has 2 amide bonds. The molecule has 0 aliphatic carbocycles. The first-order chi connectivity index (χ1) is 7.45. The largest absolute Gasteiger partial charge is 0.444 e. The average Bonchev–Trinajstić information content (AvgIpc) is 2.59. The number of amides is 2. The number of likely N-dealkylation sites (tertiary alicyclic amines) is 1. The van der Waals surface area contributed by atoms with Gasteiger partial charge in [-0.2, -0.15) is 0 Å². The summed E-state index contributed by atoms with van der Waals surface area (Å²) in [6.07, 6.45) is -1.21. The first-order valence-corrected chi connectivity index (χ1v) is 5.14. The van der Waals surface area contributed by atoms with E-state index in [9.17, 15) is 9.59 Å². The van der Waals surface area contributed by atoms with E-state index in [2.05, 4.69) is 0 Å². The van der Waals surface area contributed by atoms with Crippen LogP contribution in [0, 0.1) is 5.41 Å². The minimum absolute atomic E-state index is 0. The van der Waals surface area contributed by atoms with Crippen LogP contribution in [0.2, 0.25) is 0 Å². The molecule has 0 radical (unpaired) electrons. The van der Waals surface area contributed by atoms with Crippen molar-refractivity contribution in [1.29, 1.82) is 5.41 Å². The quantitative estimate of drug-likeness (QED) is 0.372. The van der Waals surface area contributed by atoms with Crippen molar-refractivity contribution in [2.24, 2.45) is 11.5 Å². The minimum Gasteiger partial charge on any atom is -0.444 e. The summed E-state index contributed by atoms with van der Waals surface area (Å²) in [5.41, 5.74) is 10.1. The second-order valence-corrected chi connectivity index (χ2v) is 3.71. The predicted octanol–water partition coefficient (Wildman–Crippen LogP) is -0.352. The predicted molar refractivity (Wildman–Crippen MR) is 64.5 cm³/mol. The Balaban J connectivity index is 0.00000256. The van der Waals surface area contributed by atoms with Gasteiger partial charge in [0.05, 0.1) is 12.4 Å². The molecular weight excluding hydrogens is 271 g/mol. The van der Waals surface area contributed by atoms with Crippen LogP contribution in [0.4, 0.5) is 4.79 Å². The number of rotatable bonds is 3. The van der Waals surface area contributed by atoms with E-state index >= 15 is 0 Å². The lowest BCUT2D eigenvalue weighted by molar-refractivity contribution is -0.121. The summed E-state index contributed by atoms with van der Waals surface area (Å²) in [4.78, 5) is 23.1. The van der Waals surface area contributed by atoms with Crippen LogP contribution in [0.25, 0.3) is 0 Å². The van der Waals surface area contributed by atoms with Gasteiger partial charge in [0.15, 0.2) is 0 Å². The molecule has 7 nitrogen and oxygen atoms in total. The number of primary amides is 2. The van der Waals surface area contributed by atoms with Crippen LogP contribution in [-0.4, -0.2) is 47.3 Å². The monoisotopic (exact) mass is 284 g/mol. The van der Waals surface area contributed by atoms with Crippen LogP contribution < -0.4 is 11.5 Å². The summed E-state index contributed by atoms with van der Waals surface area (Å²) >= 11 is 5.50. The molecule has 98 valence electrons. The number of halogens is 2. The van der Waals surface area contributed by atoms with Gasteiger partial charge in [0.1, 0.15) is 18.0 Å². The number of nitrogens with two attached hydrogens (primary N) is 2. The second kappa shape index (κ2) is 6.51. The van der Waals surface area contributed by atoms with Crippen molar-refractivity contribution >= 4 is 41.8 Å². The number of hydrogen-bond acceptors (Lipinski definition) is 4. The number of nitrogens with one attached hydrogen (secondary N) is 1. The Morgan fingerprint density at radius 2 is 2.06 bits per heavy atom. The van der Waals surface area contributed by atoms with Crippen LogP contribution in [0.1, 0.15) is 6.42 Å². The van der Waals surface area contributed by atoms with E-state index in [1.165, 1.54) is 4.90 Å². The number of carbonyl (C=O) groups is 2. The molecular formula is C8H14Cl2N4O3. The third kappa shape index (κ3) is 3.94. The molecule has 0 spiro atoms. The molecule has 1 aliphatic heterocycles. The molecule has 1 heterocycles. The molecule has 0 bridgehead atoms. The van der Waals surface area contributed by atoms with Crippen LogP contribution in [-0.2, 0) is 9.53 Å². The Kier molecular flexibility index (Phi) is 6.04. The highest BCUT2D eigenvalue weighted by molar-refractivity contribution is 6.27. The number of alkyl halides is 1. The standard InChI is InChI=1S/C8H13ClN4O3.ClH/c9-2-6(10)13-3-4(16-8(12)15)1-5(13)7(11)14;/h4-5,10H,1-3H2,(H2,11,14)(H2,12,15);1H/t4-,5+;/m1./s1. The van der Waals surface area contributed by atoms with E-state index in [1.807, 2.05) is 0 Å². The highest BCUT2D eigenvalue weighted by atomic mass is 35.5. The molecule has 0 aromatic carbocycles. The molecule has 0 saturated carbocycles. The molecule has 2 atom stereocenters. The normalized spacial score (nSPS) is 22.8. The molecule has 0 unspecified atom stereocenters. The molecule has 1 rings (SSSR count).